The second-order valence-electron chi connectivity index (χ2n) is 5.69. The molecule has 0 unspecified atom stereocenters. The van der Waals surface area contributed by atoms with E-state index in [-0.39, 0.29) is 22.2 Å². The van der Waals surface area contributed by atoms with Crippen LogP contribution in [0.5, 0.6) is 23.0 Å². The van der Waals surface area contributed by atoms with Crippen molar-refractivity contribution in [2.45, 2.75) is 6.92 Å². The van der Waals surface area contributed by atoms with Gasteiger partial charge >= 0.3 is 0 Å². The molecule has 1 aliphatic rings. The summed E-state index contributed by atoms with van der Waals surface area (Å²) < 4.78 is 15.8. The molecule has 1 N–H and O–H groups in total. The van der Waals surface area contributed by atoms with Gasteiger partial charge in [-0.15, -0.1) is 0 Å². The zero-order valence-electron chi connectivity index (χ0n) is 15.6. The van der Waals surface area contributed by atoms with E-state index in [2.05, 4.69) is 0 Å². The van der Waals surface area contributed by atoms with Crippen LogP contribution in [0.4, 0.5) is 10.5 Å². The molecule has 1 saturated heterocycles. The Balaban J connectivity index is 1.99. The van der Waals surface area contributed by atoms with Crippen molar-refractivity contribution in [1.29, 1.82) is 0 Å². The molecule has 0 bridgehead atoms. The molecule has 2 aromatic rings. The molecule has 2 aromatic carbocycles. The smallest absolute Gasteiger partial charge is 0.298 e. The Morgan fingerprint density at radius 1 is 1.07 bits per heavy atom. The predicted molar refractivity (Wildman–Crippen MR) is 107 cm³/mol. The lowest BCUT2D eigenvalue weighted by Crippen LogP contribution is -2.28. The Hall–Kier alpha value is -3.13. The van der Waals surface area contributed by atoms with Crippen molar-refractivity contribution in [3.63, 3.8) is 0 Å². The summed E-state index contributed by atoms with van der Waals surface area (Å²) in [6.07, 6.45) is 1.55. The molecule has 0 spiro atoms. The molecule has 7 nitrogen and oxygen atoms in total. The average Bonchev–Trinajstić information content (AvgIpc) is 2.97. The standard InChI is InChI=1S/C20H19NO6S/c1-4-27-14-8-6-5-7-13(14)21-19(23)17(28-20(21)24)11-12-9-15(25-2)18(22)16(10-12)26-3/h5-11,22H,4H2,1-3H3/b17-11-. The quantitative estimate of drug-likeness (QED) is 0.731. The largest absolute Gasteiger partial charge is 0.502 e. The first kappa shape index (κ1) is 19.6. The molecular formula is C20H19NO6S. The molecular weight excluding hydrogens is 382 g/mol. The van der Waals surface area contributed by atoms with Gasteiger partial charge in [-0.3, -0.25) is 9.59 Å². The Labute approximate surface area is 166 Å². The lowest BCUT2D eigenvalue weighted by atomic mass is 10.1. The third-order valence-corrected chi connectivity index (χ3v) is 4.87. The fourth-order valence-electron chi connectivity index (χ4n) is 2.74. The fourth-order valence-corrected chi connectivity index (χ4v) is 3.58. The number of methoxy groups -OCH3 is 2. The van der Waals surface area contributed by atoms with Crippen molar-refractivity contribution in [3.05, 3.63) is 46.9 Å². The molecule has 0 saturated carbocycles. The van der Waals surface area contributed by atoms with Crippen LogP contribution in [-0.2, 0) is 4.79 Å². The predicted octanol–water partition coefficient (Wildman–Crippen LogP) is 4.05. The van der Waals surface area contributed by atoms with Gasteiger partial charge in [0.2, 0.25) is 5.75 Å². The summed E-state index contributed by atoms with van der Waals surface area (Å²) in [6.45, 7) is 2.24. The molecule has 28 heavy (non-hydrogen) atoms. The maximum atomic E-state index is 12.9. The van der Waals surface area contributed by atoms with E-state index in [1.807, 2.05) is 6.92 Å². The van der Waals surface area contributed by atoms with E-state index < -0.39 is 11.1 Å². The number of phenolic OH excluding ortho intramolecular Hbond substituents is 1. The second-order valence-corrected chi connectivity index (χ2v) is 6.69. The molecule has 146 valence electrons. The van der Waals surface area contributed by atoms with Gasteiger partial charge in [0.05, 0.1) is 31.4 Å². The maximum absolute atomic E-state index is 12.9. The van der Waals surface area contributed by atoms with Crippen LogP contribution in [0.1, 0.15) is 12.5 Å². The number of carbonyl (C=O) groups excluding carboxylic acids is 2. The van der Waals surface area contributed by atoms with Gasteiger partial charge in [0.1, 0.15) is 5.75 Å². The third-order valence-electron chi connectivity index (χ3n) is 4.00. The van der Waals surface area contributed by atoms with E-state index in [1.54, 1.807) is 42.5 Å². The zero-order valence-corrected chi connectivity index (χ0v) is 16.4. The SMILES string of the molecule is CCOc1ccccc1N1C(=O)S/C(=C\c2cc(OC)c(O)c(OC)c2)C1=O. The first-order valence-electron chi connectivity index (χ1n) is 8.44. The first-order chi connectivity index (χ1) is 13.5. The number of carbonyl (C=O) groups is 2. The summed E-state index contributed by atoms with van der Waals surface area (Å²) >= 11 is 0.828. The van der Waals surface area contributed by atoms with Gasteiger partial charge in [-0.1, -0.05) is 12.1 Å². The molecule has 0 aromatic heterocycles. The van der Waals surface area contributed by atoms with Crippen LogP contribution >= 0.6 is 11.8 Å². The lowest BCUT2D eigenvalue weighted by molar-refractivity contribution is -0.113. The van der Waals surface area contributed by atoms with E-state index in [4.69, 9.17) is 14.2 Å². The fraction of sp³-hybridized carbons (Fsp3) is 0.200. The summed E-state index contributed by atoms with van der Waals surface area (Å²) in [7, 11) is 2.83. The first-order valence-corrected chi connectivity index (χ1v) is 9.26. The van der Waals surface area contributed by atoms with Crippen LogP contribution in [0.2, 0.25) is 0 Å². The lowest BCUT2D eigenvalue weighted by Gasteiger charge is -2.16. The van der Waals surface area contributed by atoms with Crippen LogP contribution in [0.15, 0.2) is 41.3 Å². The third kappa shape index (κ3) is 3.63. The summed E-state index contributed by atoms with van der Waals surface area (Å²) in [5, 5.41) is 9.61. The number of hydrogen-bond acceptors (Lipinski definition) is 7. The van der Waals surface area contributed by atoms with Crippen LogP contribution in [0.25, 0.3) is 6.08 Å². The maximum Gasteiger partial charge on any atom is 0.298 e. The van der Waals surface area contributed by atoms with Gasteiger partial charge in [0, 0.05) is 0 Å². The number of benzene rings is 2. The molecule has 8 heteroatoms. The Morgan fingerprint density at radius 2 is 1.71 bits per heavy atom. The van der Waals surface area contributed by atoms with Crippen molar-refractivity contribution < 1.29 is 28.9 Å². The number of nitrogens with zero attached hydrogens (tertiary/aromatic N) is 1. The number of imide groups is 1. The number of thioether (sulfide) groups is 1. The second kappa shape index (κ2) is 8.26. The number of ether oxygens (including phenoxy) is 3. The highest BCUT2D eigenvalue weighted by molar-refractivity contribution is 8.19. The monoisotopic (exact) mass is 401 g/mol. The number of phenols is 1. The van der Waals surface area contributed by atoms with Crippen LogP contribution in [-0.4, -0.2) is 37.1 Å². The average molecular weight is 401 g/mol. The van der Waals surface area contributed by atoms with E-state index in [0.29, 0.717) is 23.6 Å². The van der Waals surface area contributed by atoms with Crippen molar-refractivity contribution in [3.8, 4) is 23.0 Å². The molecule has 1 aliphatic heterocycles. The number of amides is 2. The Morgan fingerprint density at radius 3 is 2.32 bits per heavy atom. The van der Waals surface area contributed by atoms with Crippen LogP contribution in [0.3, 0.4) is 0 Å². The molecule has 3 rings (SSSR count). The van der Waals surface area contributed by atoms with Crippen molar-refractivity contribution in [2.24, 2.45) is 0 Å². The summed E-state index contributed by atoms with van der Waals surface area (Å²) in [4.78, 5) is 26.8. The van der Waals surface area contributed by atoms with E-state index in [1.165, 1.54) is 14.2 Å². The van der Waals surface area contributed by atoms with Gasteiger partial charge in [0.25, 0.3) is 11.1 Å². The van der Waals surface area contributed by atoms with E-state index in [9.17, 15) is 14.7 Å². The molecule has 0 atom stereocenters. The number of rotatable bonds is 6. The van der Waals surface area contributed by atoms with E-state index >= 15 is 0 Å². The topological polar surface area (TPSA) is 85.3 Å². The van der Waals surface area contributed by atoms with Crippen LogP contribution in [0, 0.1) is 0 Å². The van der Waals surface area contributed by atoms with Crippen LogP contribution < -0.4 is 19.1 Å². The summed E-state index contributed by atoms with van der Waals surface area (Å²) in [5.74, 6) is 0.272. The number of aromatic hydroxyl groups is 1. The van der Waals surface area contributed by atoms with E-state index in [0.717, 1.165) is 16.7 Å². The highest BCUT2D eigenvalue weighted by atomic mass is 32.2. The summed E-state index contributed by atoms with van der Waals surface area (Å²) in [5.41, 5.74) is 0.950. The molecule has 1 fully saturated rings. The van der Waals surface area contributed by atoms with Gasteiger partial charge in [-0.05, 0) is 54.6 Å². The minimum atomic E-state index is -0.451. The van der Waals surface area contributed by atoms with Gasteiger partial charge in [-0.2, -0.15) is 0 Å². The van der Waals surface area contributed by atoms with Gasteiger partial charge in [-0.25, -0.2) is 4.90 Å². The molecule has 0 aliphatic carbocycles. The normalized spacial score (nSPS) is 15.2. The Bertz CT molecular complexity index is 930. The number of hydrogen-bond donors (Lipinski definition) is 1. The molecule has 1 heterocycles. The van der Waals surface area contributed by atoms with Gasteiger partial charge in [0.15, 0.2) is 11.5 Å². The minimum absolute atomic E-state index is 0.138. The number of para-hydroxylation sites is 2. The minimum Gasteiger partial charge on any atom is -0.502 e. The highest BCUT2D eigenvalue weighted by Crippen LogP contribution is 2.42. The molecule has 0 radical (unpaired) electrons. The highest BCUT2D eigenvalue weighted by Gasteiger charge is 2.37. The van der Waals surface area contributed by atoms with Crippen molar-refractivity contribution >= 4 is 34.7 Å². The van der Waals surface area contributed by atoms with Crippen molar-refractivity contribution in [1.82, 2.24) is 0 Å². The Kier molecular flexibility index (Phi) is 5.79. The van der Waals surface area contributed by atoms with Gasteiger partial charge < -0.3 is 19.3 Å². The number of anilines is 1. The summed E-state index contributed by atoms with van der Waals surface area (Å²) in [6, 6.07) is 10.00. The van der Waals surface area contributed by atoms with Crippen molar-refractivity contribution in [2.75, 3.05) is 25.7 Å². The zero-order chi connectivity index (χ0) is 20.3. The molecule has 2 amide bonds.